The quantitative estimate of drug-likeness (QED) is 0.687. The molecule has 0 spiro atoms. The number of nitrogen functional groups attached to an aromatic ring is 1. The third-order valence-corrected chi connectivity index (χ3v) is 1.75. The summed E-state index contributed by atoms with van der Waals surface area (Å²) in [6.45, 7) is 2.77. The van der Waals surface area contributed by atoms with Gasteiger partial charge in [0.15, 0.2) is 11.6 Å². The number of Topliss-reactive ketones (excluding diaryl/α,β-unsaturated/α-hetero) is 2. The van der Waals surface area contributed by atoms with Gasteiger partial charge in [-0.1, -0.05) is 0 Å². The first-order chi connectivity index (χ1) is 6.04. The second-order valence-corrected chi connectivity index (χ2v) is 2.76. The lowest BCUT2D eigenvalue weighted by Crippen LogP contribution is -2.07. The zero-order valence-electron chi connectivity index (χ0n) is 7.50. The van der Waals surface area contributed by atoms with Crippen molar-refractivity contribution < 1.29 is 9.59 Å². The molecule has 0 aromatic carbocycles. The number of rotatable bonds is 2. The first kappa shape index (κ1) is 9.38. The largest absolute Gasteiger partial charge is 0.397 e. The molecule has 0 saturated heterocycles. The number of ketones is 2. The number of nitrogens with two attached hydrogens (primary N) is 1. The molecule has 4 heteroatoms. The number of pyridine rings is 1. The van der Waals surface area contributed by atoms with Crippen LogP contribution in [0.3, 0.4) is 0 Å². The van der Waals surface area contributed by atoms with Crippen LogP contribution >= 0.6 is 0 Å². The molecule has 1 heterocycles. The molecule has 0 aliphatic rings. The van der Waals surface area contributed by atoms with E-state index in [4.69, 9.17) is 5.73 Å². The van der Waals surface area contributed by atoms with Gasteiger partial charge < -0.3 is 5.73 Å². The fourth-order valence-electron chi connectivity index (χ4n) is 1.03. The van der Waals surface area contributed by atoms with Gasteiger partial charge >= 0.3 is 0 Å². The third-order valence-electron chi connectivity index (χ3n) is 1.75. The van der Waals surface area contributed by atoms with Crippen molar-refractivity contribution in [1.82, 2.24) is 4.98 Å². The van der Waals surface area contributed by atoms with Crippen LogP contribution in [0.4, 0.5) is 5.69 Å². The van der Waals surface area contributed by atoms with E-state index in [1.807, 2.05) is 0 Å². The topological polar surface area (TPSA) is 73.0 Å². The second-order valence-electron chi connectivity index (χ2n) is 2.76. The van der Waals surface area contributed by atoms with E-state index >= 15 is 0 Å². The molecule has 0 aliphatic heterocycles. The van der Waals surface area contributed by atoms with Crippen molar-refractivity contribution in [3.8, 4) is 0 Å². The highest BCUT2D eigenvalue weighted by Gasteiger charge is 2.11. The van der Waals surface area contributed by atoms with Crippen LogP contribution in [0.5, 0.6) is 0 Å². The number of anilines is 1. The van der Waals surface area contributed by atoms with Crippen molar-refractivity contribution in [3.05, 3.63) is 23.5 Å². The first-order valence-corrected chi connectivity index (χ1v) is 3.79. The van der Waals surface area contributed by atoms with Crippen LogP contribution < -0.4 is 5.73 Å². The minimum atomic E-state index is -0.187. The Balaban J connectivity index is 3.35. The van der Waals surface area contributed by atoms with Crippen molar-refractivity contribution in [1.29, 1.82) is 0 Å². The fraction of sp³-hybridized carbons (Fsp3) is 0.222. The van der Waals surface area contributed by atoms with E-state index in [0.29, 0.717) is 11.1 Å². The smallest absolute Gasteiger partial charge is 0.163 e. The van der Waals surface area contributed by atoms with Crippen LogP contribution in [0.15, 0.2) is 12.4 Å². The van der Waals surface area contributed by atoms with Gasteiger partial charge in [-0.15, -0.1) is 0 Å². The lowest BCUT2D eigenvalue weighted by Gasteiger charge is -2.04. The average Bonchev–Trinajstić information content (AvgIpc) is 2.03. The average molecular weight is 178 g/mol. The molecule has 0 atom stereocenters. The molecule has 0 amide bonds. The van der Waals surface area contributed by atoms with Gasteiger partial charge in [0.2, 0.25) is 0 Å². The normalized spacial score (nSPS) is 9.69. The SMILES string of the molecule is CC(=O)c1cncc(C(C)=O)c1N. The number of carbonyl (C=O) groups excluding carboxylic acids is 2. The Labute approximate surface area is 75.8 Å². The summed E-state index contributed by atoms with van der Waals surface area (Å²) in [4.78, 5) is 25.8. The molecule has 1 rings (SSSR count). The van der Waals surface area contributed by atoms with Gasteiger partial charge in [0.25, 0.3) is 0 Å². The van der Waals surface area contributed by atoms with Crippen LogP contribution in [0.25, 0.3) is 0 Å². The summed E-state index contributed by atoms with van der Waals surface area (Å²) in [6.07, 6.45) is 2.73. The van der Waals surface area contributed by atoms with Crippen molar-refractivity contribution in [2.75, 3.05) is 5.73 Å². The Morgan fingerprint density at radius 3 is 1.85 bits per heavy atom. The molecule has 0 fully saturated rings. The Kier molecular flexibility index (Phi) is 2.41. The minimum Gasteiger partial charge on any atom is -0.397 e. The summed E-state index contributed by atoms with van der Waals surface area (Å²) < 4.78 is 0. The van der Waals surface area contributed by atoms with E-state index < -0.39 is 0 Å². The number of carbonyl (C=O) groups is 2. The number of nitrogens with zero attached hydrogens (tertiary/aromatic N) is 1. The highest BCUT2D eigenvalue weighted by Crippen LogP contribution is 2.16. The molecule has 1 aromatic rings. The van der Waals surface area contributed by atoms with Gasteiger partial charge in [-0.05, 0) is 13.8 Å². The van der Waals surface area contributed by atoms with Crippen LogP contribution in [-0.2, 0) is 0 Å². The van der Waals surface area contributed by atoms with Gasteiger partial charge in [0.1, 0.15) is 0 Å². The van der Waals surface area contributed by atoms with Crippen molar-refractivity contribution >= 4 is 17.3 Å². The fourth-order valence-corrected chi connectivity index (χ4v) is 1.03. The molecule has 0 saturated carbocycles. The molecular weight excluding hydrogens is 168 g/mol. The second kappa shape index (κ2) is 3.35. The Bertz CT molecular complexity index is 340. The maximum absolute atomic E-state index is 11.0. The molecular formula is C9H10N2O2. The Morgan fingerprint density at radius 1 is 1.15 bits per heavy atom. The molecule has 2 N–H and O–H groups in total. The molecule has 0 unspecified atom stereocenters. The number of hydrogen-bond donors (Lipinski definition) is 1. The molecule has 13 heavy (non-hydrogen) atoms. The van der Waals surface area contributed by atoms with E-state index in [9.17, 15) is 9.59 Å². The molecule has 68 valence electrons. The molecule has 4 nitrogen and oxygen atoms in total. The molecule has 0 radical (unpaired) electrons. The van der Waals surface area contributed by atoms with Gasteiger partial charge in [0, 0.05) is 12.4 Å². The van der Waals surface area contributed by atoms with E-state index in [0.717, 1.165) is 0 Å². The predicted octanol–water partition coefficient (Wildman–Crippen LogP) is 1.07. The van der Waals surface area contributed by atoms with Crippen molar-refractivity contribution in [2.45, 2.75) is 13.8 Å². The van der Waals surface area contributed by atoms with Crippen molar-refractivity contribution in [3.63, 3.8) is 0 Å². The highest BCUT2D eigenvalue weighted by molar-refractivity contribution is 6.06. The first-order valence-electron chi connectivity index (χ1n) is 3.79. The summed E-state index contributed by atoms with van der Waals surface area (Å²) in [5.41, 5.74) is 6.42. The van der Waals surface area contributed by atoms with Crippen molar-refractivity contribution in [2.24, 2.45) is 0 Å². The van der Waals surface area contributed by atoms with E-state index in [2.05, 4.69) is 4.98 Å². The molecule has 0 bridgehead atoms. The predicted molar refractivity (Wildman–Crippen MR) is 48.7 cm³/mol. The standard InChI is InChI=1S/C9H10N2O2/c1-5(12)7-3-11-4-8(6(2)13)9(7)10/h3-4H,1-2H3,(H2,10,11). The summed E-state index contributed by atoms with van der Waals surface area (Å²) in [5, 5.41) is 0. The van der Waals surface area contributed by atoms with Crippen LogP contribution in [0.1, 0.15) is 34.6 Å². The highest BCUT2D eigenvalue weighted by atomic mass is 16.1. The van der Waals surface area contributed by atoms with Gasteiger partial charge in [0.05, 0.1) is 16.8 Å². The van der Waals surface area contributed by atoms with Gasteiger partial charge in [-0.2, -0.15) is 0 Å². The van der Waals surface area contributed by atoms with Gasteiger partial charge in [-0.3, -0.25) is 14.6 Å². The minimum absolute atomic E-state index is 0.187. The van der Waals surface area contributed by atoms with Gasteiger partial charge in [-0.25, -0.2) is 0 Å². The molecule has 1 aromatic heterocycles. The van der Waals surface area contributed by atoms with E-state index in [1.54, 1.807) is 0 Å². The number of hydrogen-bond acceptors (Lipinski definition) is 4. The lowest BCUT2D eigenvalue weighted by molar-refractivity contribution is 0.101. The number of aromatic nitrogens is 1. The summed E-state index contributed by atoms with van der Waals surface area (Å²) in [7, 11) is 0. The zero-order chi connectivity index (χ0) is 10.0. The van der Waals surface area contributed by atoms with Crippen LogP contribution in [-0.4, -0.2) is 16.6 Å². The summed E-state index contributed by atoms with van der Waals surface area (Å²) >= 11 is 0. The maximum atomic E-state index is 11.0. The third kappa shape index (κ3) is 1.72. The lowest BCUT2D eigenvalue weighted by atomic mass is 10.1. The Hall–Kier alpha value is -1.71. The monoisotopic (exact) mass is 178 g/mol. The van der Waals surface area contributed by atoms with Crippen LogP contribution in [0.2, 0.25) is 0 Å². The molecule has 0 aliphatic carbocycles. The zero-order valence-corrected chi connectivity index (χ0v) is 7.50. The van der Waals surface area contributed by atoms with E-state index in [-0.39, 0.29) is 17.3 Å². The summed E-state index contributed by atoms with van der Waals surface area (Å²) in [5.74, 6) is -0.374. The summed E-state index contributed by atoms with van der Waals surface area (Å²) in [6, 6.07) is 0. The van der Waals surface area contributed by atoms with Crippen LogP contribution in [0, 0.1) is 0 Å². The van der Waals surface area contributed by atoms with E-state index in [1.165, 1.54) is 26.2 Å². The Morgan fingerprint density at radius 2 is 1.54 bits per heavy atom. The maximum Gasteiger partial charge on any atom is 0.163 e.